The maximum Gasteiger partial charge on any atom is 0.236 e. The highest BCUT2D eigenvalue weighted by atomic mass is 35.5. The van der Waals surface area contributed by atoms with Crippen molar-refractivity contribution < 1.29 is 9.53 Å². The number of nitrogens with one attached hydrogen (secondary N) is 1. The Morgan fingerprint density at radius 3 is 2.53 bits per heavy atom. The molecule has 0 aliphatic carbocycles. The van der Waals surface area contributed by atoms with Crippen molar-refractivity contribution in [3.05, 3.63) is 29.8 Å². The van der Waals surface area contributed by atoms with Gasteiger partial charge in [0.05, 0.1) is 12.6 Å². The predicted octanol–water partition coefficient (Wildman–Crippen LogP) is 1.26. The molecule has 0 aromatic heterocycles. The molecular weight excluding hydrogens is 240 g/mol. The Morgan fingerprint density at radius 1 is 1.41 bits per heavy atom. The van der Waals surface area contributed by atoms with Gasteiger partial charge in [0.2, 0.25) is 5.91 Å². The average Bonchev–Trinajstić information content (AvgIpc) is 2.26. The van der Waals surface area contributed by atoms with E-state index in [-0.39, 0.29) is 18.3 Å². The van der Waals surface area contributed by atoms with Gasteiger partial charge in [0.25, 0.3) is 0 Å². The van der Waals surface area contributed by atoms with Gasteiger partial charge >= 0.3 is 0 Å². The Balaban J connectivity index is 0.00000256. The van der Waals surface area contributed by atoms with Crippen molar-refractivity contribution in [2.24, 2.45) is 5.73 Å². The van der Waals surface area contributed by atoms with Crippen molar-refractivity contribution in [3.63, 3.8) is 0 Å². The van der Waals surface area contributed by atoms with Crippen molar-refractivity contribution in [3.8, 4) is 5.75 Å². The first kappa shape index (κ1) is 15.7. The van der Waals surface area contributed by atoms with Crippen molar-refractivity contribution >= 4 is 18.3 Å². The molecule has 0 radical (unpaired) electrons. The summed E-state index contributed by atoms with van der Waals surface area (Å²) in [6.45, 7) is 4.58. The molecule has 1 amide bonds. The average molecular weight is 259 g/mol. The van der Waals surface area contributed by atoms with Gasteiger partial charge in [-0.25, -0.2) is 0 Å². The number of benzene rings is 1. The SMILES string of the molecule is Cc1ccc(OCCNC(=O)C(C)N)cc1.Cl. The number of aryl methyl sites for hydroxylation is 1. The number of hydrogen-bond donors (Lipinski definition) is 2. The maximum atomic E-state index is 11.1. The number of carbonyl (C=O) groups excluding carboxylic acids is 1. The quantitative estimate of drug-likeness (QED) is 0.782. The number of halogens is 1. The van der Waals surface area contributed by atoms with E-state index in [1.54, 1.807) is 6.92 Å². The molecule has 0 bridgehead atoms. The molecule has 0 spiro atoms. The van der Waals surface area contributed by atoms with Crippen LogP contribution in [0.25, 0.3) is 0 Å². The van der Waals surface area contributed by atoms with Crippen molar-refractivity contribution in [2.45, 2.75) is 19.9 Å². The summed E-state index contributed by atoms with van der Waals surface area (Å²) in [7, 11) is 0. The molecule has 3 N–H and O–H groups in total. The zero-order valence-electron chi connectivity index (χ0n) is 10.1. The van der Waals surface area contributed by atoms with Gasteiger partial charge in [-0.3, -0.25) is 4.79 Å². The first-order valence-corrected chi connectivity index (χ1v) is 5.32. The standard InChI is InChI=1S/C12H18N2O2.ClH/c1-9-3-5-11(6-4-9)16-8-7-14-12(15)10(2)13;/h3-6,10H,7-8,13H2,1-2H3,(H,14,15);1H. The van der Waals surface area contributed by atoms with Crippen LogP contribution in [0.3, 0.4) is 0 Å². The van der Waals surface area contributed by atoms with E-state index in [4.69, 9.17) is 10.5 Å². The van der Waals surface area contributed by atoms with Crippen LogP contribution in [0.15, 0.2) is 24.3 Å². The fourth-order valence-corrected chi connectivity index (χ4v) is 1.14. The smallest absolute Gasteiger partial charge is 0.236 e. The molecule has 1 atom stereocenters. The fraction of sp³-hybridized carbons (Fsp3) is 0.417. The molecule has 1 aromatic rings. The largest absolute Gasteiger partial charge is 0.492 e. The summed E-state index contributed by atoms with van der Waals surface area (Å²) in [4.78, 5) is 11.1. The van der Waals surface area contributed by atoms with Crippen LogP contribution in [0.2, 0.25) is 0 Å². The van der Waals surface area contributed by atoms with Gasteiger partial charge in [0.15, 0.2) is 0 Å². The molecule has 4 nitrogen and oxygen atoms in total. The molecule has 0 heterocycles. The van der Waals surface area contributed by atoms with E-state index >= 15 is 0 Å². The van der Waals surface area contributed by atoms with Crippen LogP contribution >= 0.6 is 12.4 Å². The molecule has 1 unspecified atom stereocenters. The van der Waals surface area contributed by atoms with E-state index in [9.17, 15) is 4.79 Å². The second-order valence-corrected chi connectivity index (χ2v) is 3.74. The monoisotopic (exact) mass is 258 g/mol. The second-order valence-electron chi connectivity index (χ2n) is 3.74. The summed E-state index contributed by atoms with van der Waals surface area (Å²) in [6, 6.07) is 7.30. The molecule has 0 fully saturated rings. The Bertz CT molecular complexity index is 339. The zero-order chi connectivity index (χ0) is 12.0. The lowest BCUT2D eigenvalue weighted by atomic mass is 10.2. The minimum Gasteiger partial charge on any atom is -0.492 e. The molecule has 96 valence electrons. The van der Waals surface area contributed by atoms with Gasteiger partial charge in [0, 0.05) is 0 Å². The predicted molar refractivity (Wildman–Crippen MR) is 70.6 cm³/mol. The van der Waals surface area contributed by atoms with E-state index in [0.717, 1.165) is 5.75 Å². The van der Waals surface area contributed by atoms with Gasteiger partial charge in [0.1, 0.15) is 12.4 Å². The summed E-state index contributed by atoms with van der Waals surface area (Å²) >= 11 is 0. The van der Waals surface area contributed by atoms with E-state index in [1.807, 2.05) is 31.2 Å². The van der Waals surface area contributed by atoms with E-state index < -0.39 is 6.04 Å². The maximum absolute atomic E-state index is 11.1. The Kier molecular flexibility index (Phi) is 7.34. The summed E-state index contributed by atoms with van der Waals surface area (Å²) in [5.74, 6) is 0.646. The van der Waals surface area contributed by atoms with Crippen LogP contribution in [0, 0.1) is 6.92 Å². The van der Waals surface area contributed by atoms with Crippen molar-refractivity contribution in [1.29, 1.82) is 0 Å². The van der Waals surface area contributed by atoms with Gasteiger partial charge in [-0.1, -0.05) is 17.7 Å². The number of carbonyl (C=O) groups is 1. The summed E-state index contributed by atoms with van der Waals surface area (Å²) in [6.07, 6.45) is 0. The molecule has 0 aliphatic heterocycles. The fourth-order valence-electron chi connectivity index (χ4n) is 1.14. The lowest BCUT2D eigenvalue weighted by molar-refractivity contribution is -0.122. The second kappa shape index (κ2) is 7.92. The molecule has 5 heteroatoms. The van der Waals surface area contributed by atoms with Crippen LogP contribution in [0.5, 0.6) is 5.75 Å². The summed E-state index contributed by atoms with van der Waals surface area (Å²) < 4.78 is 5.44. The molecule has 0 aliphatic rings. The first-order chi connectivity index (χ1) is 7.59. The Morgan fingerprint density at radius 2 is 2.00 bits per heavy atom. The third-order valence-corrected chi connectivity index (χ3v) is 2.10. The number of ether oxygens (including phenoxy) is 1. The van der Waals surface area contributed by atoms with Crippen LogP contribution in [-0.2, 0) is 4.79 Å². The highest BCUT2D eigenvalue weighted by Crippen LogP contribution is 2.10. The first-order valence-electron chi connectivity index (χ1n) is 5.32. The van der Waals surface area contributed by atoms with Crippen molar-refractivity contribution in [2.75, 3.05) is 13.2 Å². The topological polar surface area (TPSA) is 64.3 Å². The van der Waals surface area contributed by atoms with Gasteiger partial charge in [-0.2, -0.15) is 0 Å². The van der Waals surface area contributed by atoms with E-state index in [1.165, 1.54) is 5.56 Å². The highest BCUT2D eigenvalue weighted by Gasteiger charge is 2.05. The molecule has 1 rings (SSSR count). The Hall–Kier alpha value is -1.26. The van der Waals surface area contributed by atoms with Crippen LogP contribution < -0.4 is 15.8 Å². The van der Waals surface area contributed by atoms with Gasteiger partial charge in [-0.05, 0) is 26.0 Å². The van der Waals surface area contributed by atoms with Crippen LogP contribution in [0.4, 0.5) is 0 Å². The molecule has 1 aromatic carbocycles. The number of hydrogen-bond acceptors (Lipinski definition) is 3. The lowest BCUT2D eigenvalue weighted by Gasteiger charge is -2.09. The summed E-state index contributed by atoms with van der Waals surface area (Å²) in [5.41, 5.74) is 6.59. The minimum absolute atomic E-state index is 0. The van der Waals surface area contributed by atoms with Gasteiger partial charge in [-0.15, -0.1) is 12.4 Å². The summed E-state index contributed by atoms with van der Waals surface area (Å²) in [5, 5.41) is 2.67. The molecule has 0 saturated carbocycles. The van der Waals surface area contributed by atoms with Crippen LogP contribution in [-0.4, -0.2) is 25.1 Å². The lowest BCUT2D eigenvalue weighted by Crippen LogP contribution is -2.40. The number of rotatable bonds is 5. The molecule has 0 saturated heterocycles. The number of amides is 1. The van der Waals surface area contributed by atoms with E-state index in [0.29, 0.717) is 13.2 Å². The third kappa shape index (κ3) is 6.14. The minimum atomic E-state index is -0.473. The number of nitrogens with two attached hydrogens (primary N) is 1. The zero-order valence-corrected chi connectivity index (χ0v) is 10.9. The van der Waals surface area contributed by atoms with Crippen molar-refractivity contribution in [1.82, 2.24) is 5.32 Å². The highest BCUT2D eigenvalue weighted by molar-refractivity contribution is 5.85. The normalized spacial score (nSPS) is 11.2. The third-order valence-electron chi connectivity index (χ3n) is 2.10. The molecule has 17 heavy (non-hydrogen) atoms. The van der Waals surface area contributed by atoms with Gasteiger partial charge < -0.3 is 15.8 Å². The Labute approximate surface area is 108 Å². The van der Waals surface area contributed by atoms with Crippen LogP contribution in [0.1, 0.15) is 12.5 Å². The molecular formula is C12H19ClN2O2. The van der Waals surface area contributed by atoms with E-state index in [2.05, 4.69) is 5.32 Å².